The molecule has 1 fully saturated rings. The summed E-state index contributed by atoms with van der Waals surface area (Å²) in [5, 5.41) is 3.61. The van der Waals surface area contributed by atoms with Crippen molar-refractivity contribution in [2.75, 3.05) is 18.4 Å². The van der Waals surface area contributed by atoms with E-state index in [1.165, 1.54) is 30.5 Å². The fourth-order valence-corrected chi connectivity index (χ4v) is 5.54. The van der Waals surface area contributed by atoms with Crippen LogP contribution < -0.4 is 5.32 Å². The van der Waals surface area contributed by atoms with Gasteiger partial charge in [-0.1, -0.05) is 6.07 Å². The number of nitrogens with zero attached hydrogens (tertiary/aromatic N) is 5. The second kappa shape index (κ2) is 11.5. The van der Waals surface area contributed by atoms with Gasteiger partial charge in [0.25, 0.3) is 0 Å². The van der Waals surface area contributed by atoms with Crippen molar-refractivity contribution >= 4 is 22.4 Å². The smallest absolute Gasteiger partial charge is 0.347 e. The molecule has 0 saturated carbocycles. The molecule has 1 saturated heterocycles. The summed E-state index contributed by atoms with van der Waals surface area (Å²) in [4.78, 5) is 23.4. The summed E-state index contributed by atoms with van der Waals surface area (Å²) in [5.41, 5.74) is -0.870. The largest absolute Gasteiger partial charge is 0.418 e. The third-order valence-electron chi connectivity index (χ3n) is 7.93. The van der Waals surface area contributed by atoms with Crippen LogP contribution in [0.4, 0.5) is 37.8 Å². The Hall–Kier alpha value is -4.52. The summed E-state index contributed by atoms with van der Waals surface area (Å²) in [6, 6.07) is 11.5. The average molecular weight is 612 g/mol. The van der Waals surface area contributed by atoms with E-state index in [4.69, 9.17) is 9.97 Å². The van der Waals surface area contributed by atoms with E-state index in [9.17, 15) is 26.3 Å². The van der Waals surface area contributed by atoms with Gasteiger partial charge in [0.1, 0.15) is 17.5 Å². The van der Waals surface area contributed by atoms with Crippen LogP contribution in [0.3, 0.4) is 0 Å². The lowest BCUT2D eigenvalue weighted by Crippen LogP contribution is -2.35. The Morgan fingerprint density at radius 2 is 1.64 bits per heavy atom. The van der Waals surface area contributed by atoms with Crippen LogP contribution in [-0.4, -0.2) is 42.9 Å². The van der Waals surface area contributed by atoms with Gasteiger partial charge in [-0.05, 0) is 81.4 Å². The third-order valence-corrected chi connectivity index (χ3v) is 7.93. The number of fused-ring (bicyclic) bond motifs is 1. The first-order valence-electron chi connectivity index (χ1n) is 14.0. The van der Waals surface area contributed by atoms with E-state index in [1.807, 2.05) is 0 Å². The summed E-state index contributed by atoms with van der Waals surface area (Å²) in [7, 11) is 0. The molecule has 5 aromatic rings. The van der Waals surface area contributed by atoms with Crippen molar-refractivity contribution < 1.29 is 26.3 Å². The van der Waals surface area contributed by atoms with Crippen molar-refractivity contribution in [3.8, 4) is 11.3 Å². The number of nitrogens with one attached hydrogen (secondary N) is 2. The van der Waals surface area contributed by atoms with Crippen LogP contribution in [0.1, 0.15) is 54.5 Å². The van der Waals surface area contributed by atoms with E-state index < -0.39 is 23.5 Å². The number of piperidine rings is 1. The molecule has 0 radical (unpaired) electrons. The topological polar surface area (TPSA) is 82.6 Å². The zero-order valence-electron chi connectivity index (χ0n) is 23.4. The molecule has 7 nitrogen and oxygen atoms in total. The molecular weight excluding hydrogens is 584 g/mol. The molecule has 1 unspecified atom stereocenters. The Morgan fingerprint density at radius 1 is 0.886 bits per heavy atom. The highest BCUT2D eigenvalue weighted by Gasteiger charge is 2.35. The van der Waals surface area contributed by atoms with Gasteiger partial charge in [-0.25, -0.2) is 15.0 Å². The quantitative estimate of drug-likeness (QED) is 0.189. The van der Waals surface area contributed by atoms with E-state index in [0.29, 0.717) is 28.2 Å². The van der Waals surface area contributed by atoms with Crippen LogP contribution >= 0.6 is 0 Å². The van der Waals surface area contributed by atoms with Crippen molar-refractivity contribution in [1.82, 2.24) is 29.8 Å². The first-order chi connectivity index (χ1) is 21.0. The van der Waals surface area contributed by atoms with Crippen LogP contribution in [0.5, 0.6) is 0 Å². The highest BCUT2D eigenvalue weighted by molar-refractivity contribution is 5.93. The lowest BCUT2D eigenvalue weighted by Gasteiger charge is -2.34. The number of alkyl halides is 6. The Balaban J connectivity index is 1.37. The number of halogens is 6. The molecule has 3 aromatic heterocycles. The van der Waals surface area contributed by atoms with Gasteiger partial charge in [-0.15, -0.1) is 0 Å². The van der Waals surface area contributed by atoms with Gasteiger partial charge in [0.2, 0.25) is 0 Å². The molecule has 6 rings (SSSR count). The summed E-state index contributed by atoms with van der Waals surface area (Å²) in [5.74, 6) is 1.68. The van der Waals surface area contributed by atoms with Crippen molar-refractivity contribution in [2.45, 2.75) is 44.1 Å². The average Bonchev–Trinajstić information content (AvgIpc) is 3.55. The minimum absolute atomic E-state index is 0.0446. The molecule has 2 N–H and O–H groups in total. The number of hydrogen-bond acceptors (Lipinski definition) is 6. The number of aromatic nitrogens is 5. The molecule has 2 aromatic carbocycles. The molecule has 1 aliphatic heterocycles. The summed E-state index contributed by atoms with van der Waals surface area (Å²) >= 11 is 0. The Kier molecular flexibility index (Phi) is 7.74. The maximum absolute atomic E-state index is 13.8. The second-order valence-electron chi connectivity index (χ2n) is 10.7. The van der Waals surface area contributed by atoms with E-state index in [2.05, 4.69) is 32.1 Å². The van der Waals surface area contributed by atoms with E-state index in [0.717, 1.165) is 50.0 Å². The molecule has 1 atom stereocenters. The van der Waals surface area contributed by atoms with Gasteiger partial charge in [0.15, 0.2) is 0 Å². The number of imidazole rings is 1. The number of hydrogen-bond donors (Lipinski definition) is 2. The normalized spacial score (nSPS) is 15.9. The van der Waals surface area contributed by atoms with Crippen molar-refractivity contribution in [2.24, 2.45) is 0 Å². The maximum Gasteiger partial charge on any atom is 0.418 e. The van der Waals surface area contributed by atoms with Gasteiger partial charge in [-0.2, -0.15) is 26.3 Å². The number of benzene rings is 2. The minimum Gasteiger partial charge on any atom is -0.347 e. The molecular formula is C31H27F6N7. The summed E-state index contributed by atoms with van der Waals surface area (Å²) < 4.78 is 80.7. The summed E-state index contributed by atoms with van der Waals surface area (Å²) in [6.45, 7) is 3.57. The lowest BCUT2D eigenvalue weighted by atomic mass is 9.94. The molecule has 0 amide bonds. The van der Waals surface area contributed by atoms with Gasteiger partial charge >= 0.3 is 12.4 Å². The fraction of sp³-hybridized carbons (Fsp3) is 0.290. The maximum atomic E-state index is 13.8. The Bertz CT molecular complexity index is 1740. The van der Waals surface area contributed by atoms with Crippen LogP contribution in [0.25, 0.3) is 22.2 Å². The molecule has 0 bridgehead atoms. The number of likely N-dealkylation sites (tertiary alicyclic amines) is 1. The lowest BCUT2D eigenvalue weighted by molar-refractivity contribution is -0.138. The van der Waals surface area contributed by atoms with E-state index >= 15 is 0 Å². The highest BCUT2D eigenvalue weighted by Crippen LogP contribution is 2.38. The van der Waals surface area contributed by atoms with Gasteiger partial charge in [0, 0.05) is 41.1 Å². The standard InChI is InChI=1S/C31H27F6N7/c1-18(27-39-13-14-40-27)44-15-10-19(11-16-44)28-42-25-17-20(26-24(31(35,36)37)3-2-12-38-26)4-9-23(25)29(43-28)41-22-7-5-21(6-8-22)30(32,33)34/h2-9,12-14,17-19H,10-11,15-16H2,1H3,(H,39,40)(H,41,42,43). The number of aromatic amines is 1. The van der Waals surface area contributed by atoms with Crippen LogP contribution in [0.15, 0.2) is 73.2 Å². The monoisotopic (exact) mass is 611 g/mol. The number of pyridine rings is 1. The zero-order valence-corrected chi connectivity index (χ0v) is 23.4. The predicted octanol–water partition coefficient (Wildman–Crippen LogP) is 8.14. The molecule has 1 aliphatic rings. The van der Waals surface area contributed by atoms with Crippen LogP contribution in [-0.2, 0) is 12.4 Å². The van der Waals surface area contributed by atoms with Gasteiger partial charge in [0.05, 0.1) is 28.4 Å². The molecule has 13 heteroatoms. The van der Waals surface area contributed by atoms with Crippen molar-refractivity contribution in [3.63, 3.8) is 0 Å². The van der Waals surface area contributed by atoms with Crippen molar-refractivity contribution in [1.29, 1.82) is 0 Å². The Morgan fingerprint density at radius 3 is 2.30 bits per heavy atom. The Labute approximate surface area is 248 Å². The first kappa shape index (κ1) is 29.5. The van der Waals surface area contributed by atoms with Gasteiger partial charge in [-0.3, -0.25) is 9.88 Å². The SMILES string of the molecule is CC(c1ncc[nH]1)N1CCC(c2nc(Nc3ccc(C(F)(F)F)cc3)c3ccc(-c4ncccc4C(F)(F)F)cc3n2)CC1. The summed E-state index contributed by atoms with van der Waals surface area (Å²) in [6.07, 6.45) is -2.83. The van der Waals surface area contributed by atoms with Crippen molar-refractivity contribution in [3.05, 3.63) is 96.0 Å². The highest BCUT2D eigenvalue weighted by atomic mass is 19.4. The predicted molar refractivity (Wildman–Crippen MR) is 153 cm³/mol. The molecule has 4 heterocycles. The number of anilines is 2. The van der Waals surface area contributed by atoms with Crippen LogP contribution in [0.2, 0.25) is 0 Å². The first-order valence-corrected chi connectivity index (χ1v) is 14.0. The van der Waals surface area contributed by atoms with Crippen LogP contribution in [0, 0.1) is 0 Å². The second-order valence-corrected chi connectivity index (χ2v) is 10.7. The zero-order chi connectivity index (χ0) is 31.1. The number of rotatable bonds is 6. The minimum atomic E-state index is -4.61. The molecule has 0 aliphatic carbocycles. The fourth-order valence-electron chi connectivity index (χ4n) is 5.54. The molecule has 44 heavy (non-hydrogen) atoms. The third kappa shape index (κ3) is 6.09. The van der Waals surface area contributed by atoms with E-state index in [1.54, 1.807) is 24.5 Å². The number of H-pyrrole nitrogens is 1. The molecule has 0 spiro atoms. The van der Waals surface area contributed by atoms with E-state index in [-0.39, 0.29) is 23.2 Å². The van der Waals surface area contributed by atoms with Gasteiger partial charge < -0.3 is 10.3 Å². The molecule has 228 valence electrons.